The maximum absolute atomic E-state index is 10.4. The summed E-state index contributed by atoms with van der Waals surface area (Å²) < 4.78 is 0. The molecule has 0 aliphatic heterocycles. The van der Waals surface area contributed by atoms with Crippen molar-refractivity contribution in [3.63, 3.8) is 0 Å². The van der Waals surface area contributed by atoms with Crippen molar-refractivity contribution in [2.75, 3.05) is 5.73 Å². The molecule has 0 aliphatic rings. The molecule has 0 spiro atoms. The van der Waals surface area contributed by atoms with Crippen LogP contribution >= 0.6 is 0 Å². The quantitative estimate of drug-likeness (QED) is 0.421. The van der Waals surface area contributed by atoms with Gasteiger partial charge in [0.15, 0.2) is 0 Å². The molecule has 5 nitrogen and oxygen atoms in total. The molecule has 9 heavy (non-hydrogen) atoms. The summed E-state index contributed by atoms with van der Waals surface area (Å²) in [5, 5.41) is 8.58. The first-order valence-corrected chi connectivity index (χ1v) is 2.24. The molecule has 0 fully saturated rings. The van der Waals surface area contributed by atoms with Crippen LogP contribution in [-0.4, -0.2) is 15.1 Å². The molecule has 0 radical (unpaired) electrons. The van der Waals surface area contributed by atoms with Crippen molar-refractivity contribution in [1.29, 1.82) is 0 Å². The number of H-pyrrole nitrogens is 1. The topological polar surface area (TPSA) is 92.0 Å². The van der Waals surface area contributed by atoms with Gasteiger partial charge >= 0.3 is 0 Å². The molecule has 0 saturated heterocycles. The molecule has 0 aliphatic carbocycles. The van der Waals surface area contributed by atoms with Crippen LogP contribution in [0.15, 0.2) is 10.9 Å². The number of aromatic hydroxyl groups is 1. The number of hydrogen-bond donors (Lipinski definition) is 3. The normalized spacial score (nSPS) is 9.33. The van der Waals surface area contributed by atoms with Crippen molar-refractivity contribution in [3.8, 4) is 5.88 Å². The SMILES string of the molecule is Nc1n[13c](O)c[13c](=O)[nH]1. The van der Waals surface area contributed by atoms with Gasteiger partial charge in [0.25, 0.3) is 5.56 Å². The third-order valence-electron chi connectivity index (χ3n) is 0.746. The summed E-state index contributed by atoms with van der Waals surface area (Å²) >= 11 is 0. The van der Waals surface area contributed by atoms with E-state index in [0.717, 1.165) is 6.07 Å². The molecule has 1 aromatic heterocycles. The average molecular weight is 129 g/mol. The second-order valence-electron chi connectivity index (χ2n) is 1.49. The van der Waals surface area contributed by atoms with E-state index in [-0.39, 0.29) is 11.8 Å². The number of aromatic nitrogens is 2. The molecule has 0 aromatic carbocycles. The summed E-state index contributed by atoms with van der Waals surface area (Å²) in [4.78, 5) is 15.8. The van der Waals surface area contributed by atoms with E-state index in [1.807, 2.05) is 0 Å². The zero-order valence-corrected chi connectivity index (χ0v) is 4.46. The molecule has 5 heteroatoms. The van der Waals surface area contributed by atoms with Crippen LogP contribution < -0.4 is 11.3 Å². The third-order valence-corrected chi connectivity index (χ3v) is 0.746. The van der Waals surface area contributed by atoms with Crippen LogP contribution in [0.25, 0.3) is 0 Å². The predicted molar refractivity (Wildman–Crippen MR) is 30.9 cm³/mol. The fourth-order valence-electron chi connectivity index (χ4n) is 0.463. The van der Waals surface area contributed by atoms with E-state index in [9.17, 15) is 4.79 Å². The Labute approximate surface area is 50.2 Å². The second-order valence-corrected chi connectivity index (χ2v) is 1.49. The van der Waals surface area contributed by atoms with Gasteiger partial charge in [-0.3, -0.25) is 9.78 Å². The van der Waals surface area contributed by atoms with E-state index in [4.69, 9.17) is 10.8 Å². The highest BCUT2D eigenvalue weighted by atomic mass is 16.3. The standard InChI is InChI=1S/C4H5N3O2/c5-4-6-2(8)1-3(9)7-4/h1H,(H4,5,6,7,8,9)/i2+1,3+1. The Kier molecular flexibility index (Phi) is 1.11. The Morgan fingerprint density at radius 2 is 2.44 bits per heavy atom. The fourth-order valence-corrected chi connectivity index (χ4v) is 0.463. The van der Waals surface area contributed by atoms with E-state index in [2.05, 4.69) is 9.97 Å². The highest BCUT2D eigenvalue weighted by molar-refractivity contribution is 5.19. The summed E-state index contributed by atoms with van der Waals surface area (Å²) in [5.41, 5.74) is 4.57. The Bertz CT molecular complexity index is 244. The van der Waals surface area contributed by atoms with Crippen LogP contribution in [0.1, 0.15) is 0 Å². The average Bonchev–Trinajstić information content (AvgIpc) is 1.59. The van der Waals surface area contributed by atoms with E-state index >= 15 is 0 Å². The molecule has 1 rings (SSSR count). The van der Waals surface area contributed by atoms with Gasteiger partial charge in [-0.1, -0.05) is 0 Å². The van der Waals surface area contributed by atoms with Gasteiger partial charge in [0.05, 0.1) is 6.07 Å². The van der Waals surface area contributed by atoms with E-state index in [1.54, 1.807) is 0 Å². The number of nitrogens with two attached hydrogens (primary N) is 1. The maximum atomic E-state index is 10.4. The Morgan fingerprint density at radius 1 is 1.78 bits per heavy atom. The molecular weight excluding hydrogens is 124 g/mol. The van der Waals surface area contributed by atoms with Gasteiger partial charge in [-0.15, -0.1) is 0 Å². The molecule has 0 bridgehead atoms. The summed E-state index contributed by atoms with van der Waals surface area (Å²) in [7, 11) is 0. The minimum atomic E-state index is -0.458. The van der Waals surface area contributed by atoms with Crippen molar-refractivity contribution < 1.29 is 5.11 Å². The first-order valence-electron chi connectivity index (χ1n) is 2.24. The van der Waals surface area contributed by atoms with E-state index < -0.39 is 5.56 Å². The van der Waals surface area contributed by atoms with Crippen LogP contribution in [0.2, 0.25) is 0 Å². The zero-order chi connectivity index (χ0) is 6.85. The Hall–Kier alpha value is -1.52. The van der Waals surface area contributed by atoms with Gasteiger partial charge in [-0.05, 0) is 0 Å². The van der Waals surface area contributed by atoms with Crippen molar-refractivity contribution in [2.24, 2.45) is 0 Å². The number of nitrogen functional groups attached to an aromatic ring is 1. The largest absolute Gasteiger partial charge is 0.493 e. The monoisotopic (exact) mass is 129 g/mol. The highest BCUT2D eigenvalue weighted by Gasteiger charge is 1.91. The number of hydrogen-bond acceptors (Lipinski definition) is 4. The van der Waals surface area contributed by atoms with E-state index in [0.29, 0.717) is 0 Å². The van der Waals surface area contributed by atoms with Crippen molar-refractivity contribution in [1.82, 2.24) is 9.97 Å². The first-order chi connectivity index (χ1) is 4.18. The van der Waals surface area contributed by atoms with Crippen LogP contribution in [-0.2, 0) is 0 Å². The highest BCUT2D eigenvalue weighted by Crippen LogP contribution is 1.96. The van der Waals surface area contributed by atoms with Gasteiger partial charge in [-0.25, -0.2) is 0 Å². The van der Waals surface area contributed by atoms with Crippen LogP contribution in [0.4, 0.5) is 5.95 Å². The molecule has 1 aromatic rings. The minimum Gasteiger partial charge on any atom is -0.493 e. The lowest BCUT2D eigenvalue weighted by molar-refractivity contribution is 0.452. The summed E-state index contributed by atoms with van der Waals surface area (Å²) in [5.74, 6) is -0.448. The first kappa shape index (κ1) is 5.61. The molecule has 0 saturated carbocycles. The van der Waals surface area contributed by atoms with Crippen molar-refractivity contribution in [2.45, 2.75) is 0 Å². The maximum Gasteiger partial charge on any atom is 0.256 e. The third kappa shape index (κ3) is 1.18. The molecule has 48 valence electrons. The van der Waals surface area contributed by atoms with Crippen molar-refractivity contribution >= 4 is 5.95 Å². The van der Waals surface area contributed by atoms with Gasteiger partial charge in [-0.2, -0.15) is 4.98 Å². The zero-order valence-electron chi connectivity index (χ0n) is 4.46. The van der Waals surface area contributed by atoms with Crippen LogP contribution in [0.5, 0.6) is 5.88 Å². The van der Waals surface area contributed by atoms with Crippen LogP contribution in [0, 0.1) is 0 Å². The molecular formula is C4H5N3O2. The summed E-state index contributed by atoms with van der Waals surface area (Å²) in [6.45, 7) is 0. The van der Waals surface area contributed by atoms with Crippen molar-refractivity contribution in [3.05, 3.63) is 16.4 Å². The van der Waals surface area contributed by atoms with Crippen LogP contribution in [0.3, 0.4) is 0 Å². The lowest BCUT2D eigenvalue weighted by Gasteiger charge is -1.89. The summed E-state index contributed by atoms with van der Waals surface area (Å²) in [6.07, 6.45) is 0. The van der Waals surface area contributed by atoms with Gasteiger partial charge in [0, 0.05) is 0 Å². The lowest BCUT2D eigenvalue weighted by atomic mass is 11.0. The van der Waals surface area contributed by atoms with E-state index in [1.165, 1.54) is 0 Å². The van der Waals surface area contributed by atoms with Gasteiger partial charge in [0.1, 0.15) is 0 Å². The fraction of sp³-hybridized carbons (Fsp3) is 0. The predicted octanol–water partition coefficient (Wildman–Crippen LogP) is -0.942. The molecule has 0 atom stereocenters. The molecule has 0 amide bonds. The van der Waals surface area contributed by atoms with Gasteiger partial charge < -0.3 is 10.8 Å². The number of anilines is 1. The Morgan fingerprint density at radius 3 is 2.89 bits per heavy atom. The number of rotatable bonds is 0. The van der Waals surface area contributed by atoms with Gasteiger partial charge in [0.2, 0.25) is 11.8 Å². The molecule has 4 N–H and O–H groups in total. The lowest BCUT2D eigenvalue weighted by Crippen LogP contribution is -2.08. The second kappa shape index (κ2) is 1.77. The number of nitrogens with one attached hydrogen (secondary N) is 1. The minimum absolute atomic E-state index is 0.0833. The number of aromatic amines is 1. The smallest absolute Gasteiger partial charge is 0.256 e. The molecule has 1 heterocycles. The Balaban J connectivity index is 3.33. The summed E-state index contributed by atoms with van der Waals surface area (Å²) in [6, 6.07) is 0.941. The molecule has 0 unspecified atom stereocenters. The number of nitrogens with zero attached hydrogens (tertiary/aromatic N) is 1.